The Morgan fingerprint density at radius 2 is 2.15 bits per heavy atom. The number of aromatic nitrogens is 2. The molecule has 0 radical (unpaired) electrons. The van der Waals surface area contributed by atoms with E-state index in [9.17, 15) is 9.18 Å². The van der Waals surface area contributed by atoms with Crippen molar-refractivity contribution < 1.29 is 9.18 Å². The van der Waals surface area contributed by atoms with Gasteiger partial charge < -0.3 is 10.2 Å². The normalized spacial score (nSPS) is 14.6. The molecular formula is C18H23ClFN5O. The van der Waals surface area contributed by atoms with Gasteiger partial charge >= 0.3 is 6.03 Å². The van der Waals surface area contributed by atoms with E-state index in [4.69, 9.17) is 11.6 Å². The number of nitrogens with zero attached hydrogens (tertiary/aromatic N) is 4. The Morgan fingerprint density at radius 1 is 1.35 bits per heavy atom. The van der Waals surface area contributed by atoms with E-state index in [0.29, 0.717) is 30.2 Å². The average molecular weight is 380 g/mol. The van der Waals surface area contributed by atoms with Crippen LogP contribution in [0.1, 0.15) is 23.4 Å². The van der Waals surface area contributed by atoms with E-state index in [0.717, 1.165) is 30.9 Å². The summed E-state index contributed by atoms with van der Waals surface area (Å²) in [7, 11) is 3.40. The zero-order valence-corrected chi connectivity index (χ0v) is 15.8. The lowest BCUT2D eigenvalue weighted by Crippen LogP contribution is -2.34. The average Bonchev–Trinajstić information content (AvgIpc) is 2.87. The second kappa shape index (κ2) is 8.05. The van der Waals surface area contributed by atoms with Gasteiger partial charge in [0.05, 0.1) is 17.9 Å². The van der Waals surface area contributed by atoms with E-state index in [1.807, 2.05) is 10.7 Å². The molecule has 0 unspecified atom stereocenters. The van der Waals surface area contributed by atoms with Gasteiger partial charge in [-0.15, -0.1) is 0 Å². The van der Waals surface area contributed by atoms with E-state index >= 15 is 0 Å². The number of carbonyl (C=O) groups excluding carboxylic acids is 1. The maximum absolute atomic E-state index is 14.1. The lowest BCUT2D eigenvalue weighted by Gasteiger charge is -2.19. The highest BCUT2D eigenvalue weighted by molar-refractivity contribution is 6.30. The van der Waals surface area contributed by atoms with E-state index in [1.54, 1.807) is 26.2 Å². The Hall–Kier alpha value is -2.12. The lowest BCUT2D eigenvalue weighted by molar-refractivity contribution is 0.217. The third-order valence-electron chi connectivity index (χ3n) is 4.38. The minimum Gasteiger partial charge on any atom is -0.332 e. The van der Waals surface area contributed by atoms with Crippen LogP contribution in [0.3, 0.4) is 0 Å². The molecule has 0 saturated heterocycles. The van der Waals surface area contributed by atoms with Crippen LogP contribution in [0.15, 0.2) is 24.3 Å². The van der Waals surface area contributed by atoms with Crippen LogP contribution in [0.2, 0.25) is 5.02 Å². The van der Waals surface area contributed by atoms with Crippen molar-refractivity contribution in [1.82, 2.24) is 24.9 Å². The number of fused-ring (bicyclic) bond motifs is 1. The van der Waals surface area contributed by atoms with Crippen LogP contribution in [0.5, 0.6) is 0 Å². The second-order valence-corrected chi connectivity index (χ2v) is 7.14. The molecule has 0 aliphatic carbocycles. The Labute approximate surface area is 157 Å². The van der Waals surface area contributed by atoms with Gasteiger partial charge in [0, 0.05) is 50.9 Å². The number of rotatable bonds is 4. The van der Waals surface area contributed by atoms with Crippen LogP contribution >= 0.6 is 11.6 Å². The molecule has 8 heteroatoms. The van der Waals surface area contributed by atoms with Crippen LogP contribution in [0.25, 0.3) is 0 Å². The number of benzene rings is 1. The van der Waals surface area contributed by atoms with Gasteiger partial charge in [-0.3, -0.25) is 9.58 Å². The molecule has 1 aliphatic heterocycles. The first-order chi connectivity index (χ1) is 12.4. The van der Waals surface area contributed by atoms with Crippen molar-refractivity contribution in [2.24, 2.45) is 0 Å². The van der Waals surface area contributed by atoms with Gasteiger partial charge in [0.15, 0.2) is 0 Å². The third-order valence-corrected chi connectivity index (χ3v) is 4.61. The molecule has 0 spiro atoms. The fraction of sp³-hybridized carbons (Fsp3) is 0.444. The molecule has 1 N–H and O–H groups in total. The maximum atomic E-state index is 14.1. The Balaban J connectivity index is 1.66. The maximum Gasteiger partial charge on any atom is 0.317 e. The molecule has 140 valence electrons. The number of hydrogen-bond acceptors (Lipinski definition) is 3. The summed E-state index contributed by atoms with van der Waals surface area (Å²) >= 11 is 5.83. The minimum atomic E-state index is -0.276. The molecule has 3 rings (SSSR count). The lowest BCUT2D eigenvalue weighted by atomic mass is 10.2. The molecule has 1 aliphatic rings. The molecular weight excluding hydrogens is 357 g/mol. The van der Waals surface area contributed by atoms with Crippen LogP contribution in [0, 0.1) is 5.82 Å². The van der Waals surface area contributed by atoms with E-state index < -0.39 is 0 Å². The Bertz CT molecular complexity index is 792. The molecule has 2 aromatic rings. The van der Waals surface area contributed by atoms with E-state index in [1.165, 1.54) is 11.0 Å². The largest absolute Gasteiger partial charge is 0.332 e. The summed E-state index contributed by atoms with van der Waals surface area (Å²) in [5.41, 5.74) is 2.54. The summed E-state index contributed by atoms with van der Waals surface area (Å²) in [6, 6.07) is 6.67. The molecule has 26 heavy (non-hydrogen) atoms. The fourth-order valence-electron chi connectivity index (χ4n) is 3.02. The molecule has 1 aromatic carbocycles. The van der Waals surface area contributed by atoms with Crippen LogP contribution < -0.4 is 5.32 Å². The quantitative estimate of drug-likeness (QED) is 0.888. The molecule has 0 bridgehead atoms. The van der Waals surface area contributed by atoms with Gasteiger partial charge in [-0.25, -0.2) is 9.18 Å². The zero-order valence-electron chi connectivity index (χ0n) is 15.0. The van der Waals surface area contributed by atoms with Crippen molar-refractivity contribution in [2.75, 3.05) is 20.6 Å². The minimum absolute atomic E-state index is 0.145. The summed E-state index contributed by atoms with van der Waals surface area (Å²) in [5, 5.41) is 7.81. The summed E-state index contributed by atoms with van der Waals surface area (Å²) in [6.07, 6.45) is 0.938. The van der Waals surface area contributed by atoms with Gasteiger partial charge in [0.1, 0.15) is 5.82 Å². The van der Waals surface area contributed by atoms with Crippen molar-refractivity contribution in [2.45, 2.75) is 32.6 Å². The van der Waals surface area contributed by atoms with Crippen LogP contribution in [-0.2, 0) is 26.2 Å². The van der Waals surface area contributed by atoms with Crippen molar-refractivity contribution >= 4 is 17.6 Å². The summed E-state index contributed by atoms with van der Waals surface area (Å²) in [4.78, 5) is 15.3. The van der Waals surface area contributed by atoms with Gasteiger partial charge in [-0.1, -0.05) is 17.7 Å². The van der Waals surface area contributed by atoms with Crippen molar-refractivity contribution in [3.63, 3.8) is 0 Å². The highest BCUT2D eigenvalue weighted by Gasteiger charge is 2.18. The Kier molecular flexibility index (Phi) is 5.78. The molecule has 0 saturated carbocycles. The molecule has 0 atom stereocenters. The predicted octanol–water partition coefficient (Wildman–Crippen LogP) is 2.85. The first-order valence-electron chi connectivity index (χ1n) is 8.59. The van der Waals surface area contributed by atoms with Crippen molar-refractivity contribution in [3.8, 4) is 0 Å². The van der Waals surface area contributed by atoms with Gasteiger partial charge in [0.2, 0.25) is 0 Å². The highest BCUT2D eigenvalue weighted by Crippen LogP contribution is 2.20. The third kappa shape index (κ3) is 4.53. The molecule has 2 amide bonds. The first-order valence-corrected chi connectivity index (χ1v) is 8.97. The fourth-order valence-corrected chi connectivity index (χ4v) is 3.18. The smallest absolute Gasteiger partial charge is 0.317 e. The zero-order chi connectivity index (χ0) is 18.7. The predicted molar refractivity (Wildman–Crippen MR) is 98.3 cm³/mol. The SMILES string of the molecule is CN(C)C(=O)NCc1cc2n(n1)CCCN(Cc1ccc(Cl)cc1F)C2. The topological polar surface area (TPSA) is 53.4 Å². The Morgan fingerprint density at radius 3 is 2.88 bits per heavy atom. The molecule has 2 heterocycles. The second-order valence-electron chi connectivity index (χ2n) is 6.70. The van der Waals surface area contributed by atoms with E-state index in [2.05, 4.69) is 15.3 Å². The highest BCUT2D eigenvalue weighted by atomic mass is 35.5. The van der Waals surface area contributed by atoms with Gasteiger partial charge in [-0.05, 0) is 24.6 Å². The van der Waals surface area contributed by atoms with Crippen LogP contribution in [-0.4, -0.2) is 46.3 Å². The number of hydrogen-bond donors (Lipinski definition) is 1. The monoisotopic (exact) mass is 379 g/mol. The number of amides is 2. The summed E-state index contributed by atoms with van der Waals surface area (Å²) < 4.78 is 16.1. The number of carbonyl (C=O) groups is 1. The number of nitrogens with one attached hydrogen (secondary N) is 1. The summed E-state index contributed by atoms with van der Waals surface area (Å²) in [6.45, 7) is 3.30. The van der Waals surface area contributed by atoms with E-state index in [-0.39, 0.29) is 11.8 Å². The molecule has 0 fully saturated rings. The number of urea groups is 1. The molecule has 1 aromatic heterocycles. The van der Waals surface area contributed by atoms with Crippen molar-refractivity contribution in [1.29, 1.82) is 0 Å². The van der Waals surface area contributed by atoms with Crippen molar-refractivity contribution in [3.05, 3.63) is 52.1 Å². The summed E-state index contributed by atoms with van der Waals surface area (Å²) in [5.74, 6) is -0.276. The van der Waals surface area contributed by atoms with Crippen LogP contribution in [0.4, 0.5) is 9.18 Å². The number of halogens is 2. The standard InChI is InChI=1S/C18H23ClFN5O/c1-23(2)18(26)21-10-15-9-16-12-24(6-3-7-25(16)22-15)11-13-4-5-14(19)8-17(13)20/h4-5,8-9H,3,6-7,10-12H2,1-2H3,(H,21,26). The van der Waals surface area contributed by atoms with Gasteiger partial charge in [0.25, 0.3) is 0 Å². The molecule has 6 nitrogen and oxygen atoms in total. The first kappa shape index (κ1) is 18.7. The van der Waals surface area contributed by atoms with Gasteiger partial charge in [-0.2, -0.15) is 5.10 Å². The number of aryl methyl sites for hydroxylation is 1.